The van der Waals surface area contributed by atoms with Gasteiger partial charge < -0.3 is 30.3 Å². The van der Waals surface area contributed by atoms with Crippen molar-refractivity contribution in [2.45, 2.75) is 83.0 Å². The summed E-state index contributed by atoms with van der Waals surface area (Å²) in [6, 6.07) is 10.1. The number of benzene rings is 1. The van der Waals surface area contributed by atoms with Crippen LogP contribution in [0.2, 0.25) is 0 Å². The first-order chi connectivity index (χ1) is 16.8. The quantitative estimate of drug-likeness (QED) is 0.136. The van der Waals surface area contributed by atoms with E-state index in [4.69, 9.17) is 4.74 Å². The van der Waals surface area contributed by atoms with Gasteiger partial charge in [-0.15, -0.1) is 0 Å². The van der Waals surface area contributed by atoms with E-state index < -0.39 is 23.7 Å². The van der Waals surface area contributed by atoms with Crippen molar-refractivity contribution in [3.05, 3.63) is 48.0 Å². The summed E-state index contributed by atoms with van der Waals surface area (Å²) in [5.74, 6) is -0.433. The molecule has 5 N–H and O–H groups in total. The summed E-state index contributed by atoms with van der Waals surface area (Å²) in [5, 5.41) is 49.8. The van der Waals surface area contributed by atoms with Gasteiger partial charge in [-0.05, 0) is 68.8 Å². The van der Waals surface area contributed by atoms with E-state index in [-0.39, 0.29) is 44.0 Å². The van der Waals surface area contributed by atoms with Gasteiger partial charge in [0.1, 0.15) is 6.61 Å². The second-order valence-electron chi connectivity index (χ2n) is 10.3. The van der Waals surface area contributed by atoms with Crippen molar-refractivity contribution in [2.24, 2.45) is 17.3 Å². The molecule has 0 spiro atoms. The molecular formula is C28H44O7. The number of esters is 1. The zero-order valence-electron chi connectivity index (χ0n) is 21.0. The fraction of sp³-hybridized carbons (Fsp3) is 0.679. The summed E-state index contributed by atoms with van der Waals surface area (Å²) in [6.45, 7) is 1.12. The van der Waals surface area contributed by atoms with Gasteiger partial charge in [-0.1, -0.05) is 49.4 Å². The number of carbonyl (C=O) groups is 1. The summed E-state index contributed by atoms with van der Waals surface area (Å²) in [5.41, 5.74) is 0.379. The van der Waals surface area contributed by atoms with Gasteiger partial charge in [0.25, 0.3) is 0 Å². The molecule has 1 aromatic rings. The molecule has 0 radical (unpaired) electrons. The Bertz CT molecular complexity index is 747. The highest BCUT2D eigenvalue weighted by molar-refractivity contribution is 5.69. The van der Waals surface area contributed by atoms with Crippen molar-refractivity contribution >= 4 is 5.97 Å². The number of aryl methyl sites for hydroxylation is 1. The van der Waals surface area contributed by atoms with Gasteiger partial charge in [-0.3, -0.25) is 4.79 Å². The van der Waals surface area contributed by atoms with Gasteiger partial charge in [-0.25, -0.2) is 0 Å². The number of ether oxygens (including phenoxy) is 1. The average molecular weight is 493 g/mol. The van der Waals surface area contributed by atoms with Gasteiger partial charge >= 0.3 is 5.97 Å². The molecule has 1 aromatic carbocycles. The number of rotatable bonds is 16. The van der Waals surface area contributed by atoms with E-state index in [2.05, 4.69) is 12.1 Å². The third kappa shape index (κ3) is 10.4. The minimum atomic E-state index is -0.823. The molecule has 0 bridgehead atoms. The number of unbranched alkanes of at least 4 members (excludes halogenated alkanes) is 1. The van der Waals surface area contributed by atoms with Crippen LogP contribution in [0.4, 0.5) is 0 Å². The first-order valence-electron chi connectivity index (χ1n) is 12.9. The molecule has 0 unspecified atom stereocenters. The molecule has 198 valence electrons. The van der Waals surface area contributed by atoms with Crippen LogP contribution in [0.15, 0.2) is 42.5 Å². The molecule has 1 fully saturated rings. The van der Waals surface area contributed by atoms with Crippen molar-refractivity contribution in [1.82, 2.24) is 0 Å². The van der Waals surface area contributed by atoms with Crippen LogP contribution < -0.4 is 0 Å². The van der Waals surface area contributed by atoms with Crippen molar-refractivity contribution in [1.29, 1.82) is 0 Å². The maximum Gasteiger partial charge on any atom is 0.305 e. The molecule has 0 heterocycles. The highest BCUT2D eigenvalue weighted by atomic mass is 16.5. The standard InChI is InChI=1S/C28H44O7/c1-28(18-29,19-30)20-35-27(34)12-8-3-2-7-11-23-24(26(33)17-25(23)32)16-15-22(31)14-13-21-9-5-4-6-10-21/h2,4-7,9-10,22-26,29-33H,3,8,11-20H2,1H3/b7-2+/t22-,23+,24+,25-,26+/m0/s1. The van der Waals surface area contributed by atoms with Crippen LogP contribution in [0, 0.1) is 17.3 Å². The van der Waals surface area contributed by atoms with E-state index in [0.29, 0.717) is 44.9 Å². The SMILES string of the molecule is CC(CO)(CO)COC(=O)CCC/C=C/C[C@@H]1[C@@H](CC[C@@H](O)CCc2ccccc2)[C@H](O)C[C@@H]1O. The number of allylic oxidation sites excluding steroid dienone is 2. The minimum Gasteiger partial charge on any atom is -0.465 e. The maximum absolute atomic E-state index is 11.8. The highest BCUT2D eigenvalue weighted by Gasteiger charge is 2.40. The fourth-order valence-corrected chi connectivity index (χ4v) is 4.62. The molecule has 1 aliphatic carbocycles. The Morgan fingerprint density at radius 2 is 1.77 bits per heavy atom. The van der Waals surface area contributed by atoms with E-state index in [0.717, 1.165) is 6.42 Å². The average Bonchev–Trinajstić information content (AvgIpc) is 3.14. The van der Waals surface area contributed by atoms with Crippen LogP contribution in [0.1, 0.15) is 63.9 Å². The van der Waals surface area contributed by atoms with E-state index in [1.807, 2.05) is 30.4 Å². The van der Waals surface area contributed by atoms with E-state index in [9.17, 15) is 30.3 Å². The molecule has 0 amide bonds. The smallest absolute Gasteiger partial charge is 0.305 e. The Morgan fingerprint density at radius 3 is 2.46 bits per heavy atom. The van der Waals surface area contributed by atoms with Gasteiger partial charge in [0.05, 0.1) is 31.5 Å². The molecule has 2 rings (SSSR count). The summed E-state index contributed by atoms with van der Waals surface area (Å²) in [6.07, 6.45) is 7.84. The van der Waals surface area contributed by atoms with E-state index in [1.165, 1.54) is 5.56 Å². The van der Waals surface area contributed by atoms with Gasteiger partial charge in [-0.2, -0.15) is 0 Å². The lowest BCUT2D eigenvalue weighted by Gasteiger charge is -2.23. The summed E-state index contributed by atoms with van der Waals surface area (Å²) in [4.78, 5) is 11.8. The van der Waals surface area contributed by atoms with Crippen LogP contribution in [0.25, 0.3) is 0 Å². The van der Waals surface area contributed by atoms with Crippen molar-refractivity contribution in [3.63, 3.8) is 0 Å². The molecular weight excluding hydrogens is 448 g/mol. The second kappa shape index (κ2) is 15.4. The lowest BCUT2D eigenvalue weighted by Crippen LogP contribution is -2.32. The lowest BCUT2D eigenvalue weighted by atomic mass is 9.85. The summed E-state index contributed by atoms with van der Waals surface area (Å²) < 4.78 is 5.14. The topological polar surface area (TPSA) is 127 Å². The third-order valence-electron chi connectivity index (χ3n) is 7.14. The highest BCUT2D eigenvalue weighted by Crippen LogP contribution is 2.38. The Morgan fingerprint density at radius 1 is 1.09 bits per heavy atom. The van der Waals surface area contributed by atoms with Crippen LogP contribution in [0.5, 0.6) is 0 Å². The molecule has 35 heavy (non-hydrogen) atoms. The fourth-order valence-electron chi connectivity index (χ4n) is 4.62. The predicted molar refractivity (Wildman–Crippen MR) is 134 cm³/mol. The Hall–Kier alpha value is -1.77. The number of hydrogen-bond donors (Lipinski definition) is 5. The van der Waals surface area contributed by atoms with Crippen LogP contribution in [-0.2, 0) is 16.0 Å². The molecule has 1 saturated carbocycles. The van der Waals surface area contributed by atoms with Gasteiger partial charge in [0.15, 0.2) is 0 Å². The zero-order valence-corrected chi connectivity index (χ0v) is 21.0. The molecule has 1 aliphatic rings. The predicted octanol–water partition coefficient (Wildman–Crippen LogP) is 2.77. The van der Waals surface area contributed by atoms with Crippen molar-refractivity contribution in [3.8, 4) is 0 Å². The van der Waals surface area contributed by atoms with Crippen molar-refractivity contribution < 1.29 is 35.1 Å². The molecule has 7 heteroatoms. The number of hydrogen-bond acceptors (Lipinski definition) is 7. The van der Waals surface area contributed by atoms with Crippen LogP contribution in [-0.4, -0.2) is 69.6 Å². The normalized spacial score (nSPS) is 23.6. The van der Waals surface area contributed by atoms with Crippen LogP contribution >= 0.6 is 0 Å². The minimum absolute atomic E-state index is 0.0150. The van der Waals surface area contributed by atoms with Crippen molar-refractivity contribution in [2.75, 3.05) is 19.8 Å². The van der Waals surface area contributed by atoms with E-state index in [1.54, 1.807) is 6.92 Å². The van der Waals surface area contributed by atoms with Gasteiger partial charge in [0, 0.05) is 11.8 Å². The lowest BCUT2D eigenvalue weighted by molar-refractivity contribution is -0.149. The molecule has 0 saturated heterocycles. The first-order valence-corrected chi connectivity index (χ1v) is 12.9. The summed E-state index contributed by atoms with van der Waals surface area (Å²) >= 11 is 0. The molecule has 5 atom stereocenters. The Labute approximate surface area is 209 Å². The monoisotopic (exact) mass is 492 g/mol. The maximum atomic E-state index is 11.8. The second-order valence-corrected chi connectivity index (χ2v) is 10.3. The largest absolute Gasteiger partial charge is 0.465 e. The van der Waals surface area contributed by atoms with E-state index >= 15 is 0 Å². The first kappa shape index (κ1) is 29.5. The Balaban J connectivity index is 1.67. The molecule has 7 nitrogen and oxygen atoms in total. The number of carbonyl (C=O) groups excluding carboxylic acids is 1. The Kier molecular flexibility index (Phi) is 12.9. The summed E-state index contributed by atoms with van der Waals surface area (Å²) in [7, 11) is 0. The number of aliphatic hydroxyl groups excluding tert-OH is 5. The third-order valence-corrected chi connectivity index (χ3v) is 7.14. The van der Waals surface area contributed by atoms with Gasteiger partial charge in [0.2, 0.25) is 0 Å². The zero-order chi connectivity index (χ0) is 25.7. The molecule has 0 aliphatic heterocycles. The van der Waals surface area contributed by atoms with Crippen LogP contribution in [0.3, 0.4) is 0 Å². The number of aliphatic hydroxyl groups is 5. The molecule has 0 aromatic heterocycles.